The molecule has 0 radical (unpaired) electrons. The molecule has 0 saturated heterocycles. The molecule has 2 amide bonds. The molecule has 5 rings (SSSR count). The summed E-state index contributed by atoms with van der Waals surface area (Å²) in [6.45, 7) is -0.0301. The Morgan fingerprint density at radius 1 is 1.11 bits per heavy atom. The average molecular weight is 564 g/mol. The highest BCUT2D eigenvalue weighted by atomic mass is 35.5. The number of anilines is 1. The quantitative estimate of drug-likeness (QED) is 0.490. The van der Waals surface area contributed by atoms with Crippen LogP contribution < -0.4 is 16.0 Å². The zero-order valence-corrected chi connectivity index (χ0v) is 21.8. The summed E-state index contributed by atoms with van der Waals surface area (Å²) in [4.78, 5) is 27.0. The third-order valence-corrected chi connectivity index (χ3v) is 8.54. The molecule has 3 N–H and O–H groups in total. The Balaban J connectivity index is 0.00000320. The van der Waals surface area contributed by atoms with Gasteiger partial charge in [0.15, 0.2) is 9.84 Å². The first kappa shape index (κ1) is 27.1. The van der Waals surface area contributed by atoms with Crippen LogP contribution in [0.15, 0.2) is 71.6 Å². The minimum atomic E-state index is -4.09. The lowest BCUT2D eigenvalue weighted by Crippen LogP contribution is -2.45. The molecular formula is C26H24Cl2FN3O4S. The van der Waals surface area contributed by atoms with Crippen LogP contribution in [0, 0.1) is 5.82 Å². The SMILES string of the molecule is Cl.N[C@H]1CS(=O)(=O)c2cc(F)c(C(=O)N[C@H]3C[C@@H]3c3ccccc3)cc2N(Cc2ccc(Cl)cc2)C1=O. The van der Waals surface area contributed by atoms with Crippen molar-refractivity contribution in [1.82, 2.24) is 5.32 Å². The molecule has 1 heterocycles. The van der Waals surface area contributed by atoms with Gasteiger partial charge in [-0.1, -0.05) is 54.1 Å². The van der Waals surface area contributed by atoms with Crippen molar-refractivity contribution < 1.29 is 22.4 Å². The topological polar surface area (TPSA) is 110 Å². The summed E-state index contributed by atoms with van der Waals surface area (Å²) < 4.78 is 41.1. The van der Waals surface area contributed by atoms with Gasteiger partial charge in [0.05, 0.1) is 34.5 Å². The maximum Gasteiger partial charge on any atom is 0.254 e. The van der Waals surface area contributed by atoms with Gasteiger partial charge in [-0.15, -0.1) is 12.4 Å². The largest absolute Gasteiger partial charge is 0.349 e. The number of amides is 2. The zero-order valence-electron chi connectivity index (χ0n) is 19.4. The van der Waals surface area contributed by atoms with Crippen molar-refractivity contribution in [3.63, 3.8) is 0 Å². The molecule has 37 heavy (non-hydrogen) atoms. The number of fused-ring (bicyclic) bond motifs is 1. The van der Waals surface area contributed by atoms with E-state index in [2.05, 4.69) is 5.32 Å². The van der Waals surface area contributed by atoms with Crippen LogP contribution in [0.5, 0.6) is 0 Å². The van der Waals surface area contributed by atoms with E-state index in [1.54, 1.807) is 24.3 Å². The molecule has 1 fully saturated rings. The van der Waals surface area contributed by atoms with Gasteiger partial charge in [0, 0.05) is 17.0 Å². The van der Waals surface area contributed by atoms with Gasteiger partial charge in [0.25, 0.3) is 5.91 Å². The molecule has 2 aliphatic rings. The van der Waals surface area contributed by atoms with Gasteiger partial charge in [-0.2, -0.15) is 0 Å². The van der Waals surface area contributed by atoms with Gasteiger partial charge < -0.3 is 16.0 Å². The Bertz CT molecular complexity index is 1450. The predicted octanol–water partition coefficient (Wildman–Crippen LogP) is 3.83. The van der Waals surface area contributed by atoms with E-state index in [-0.39, 0.29) is 47.1 Å². The maximum absolute atomic E-state index is 15.1. The number of carbonyl (C=O) groups is 2. The van der Waals surface area contributed by atoms with Crippen LogP contribution in [0.25, 0.3) is 0 Å². The number of nitrogens with two attached hydrogens (primary N) is 1. The van der Waals surface area contributed by atoms with Crippen molar-refractivity contribution in [3.8, 4) is 0 Å². The smallest absolute Gasteiger partial charge is 0.254 e. The predicted molar refractivity (Wildman–Crippen MR) is 141 cm³/mol. The van der Waals surface area contributed by atoms with Gasteiger partial charge in [0.2, 0.25) is 5.91 Å². The van der Waals surface area contributed by atoms with Crippen molar-refractivity contribution in [1.29, 1.82) is 0 Å². The van der Waals surface area contributed by atoms with Crippen LogP contribution in [-0.2, 0) is 21.2 Å². The van der Waals surface area contributed by atoms with E-state index in [1.165, 1.54) is 4.90 Å². The normalized spacial score (nSPS) is 21.9. The summed E-state index contributed by atoms with van der Waals surface area (Å²) in [5, 5.41) is 3.32. The number of rotatable bonds is 5. The molecule has 0 bridgehead atoms. The first-order valence-electron chi connectivity index (χ1n) is 11.4. The number of sulfone groups is 1. The van der Waals surface area contributed by atoms with E-state index in [1.807, 2.05) is 30.3 Å². The van der Waals surface area contributed by atoms with Gasteiger partial charge in [-0.05, 0) is 41.8 Å². The average Bonchev–Trinajstić information content (AvgIpc) is 3.62. The Hall–Kier alpha value is -2.98. The summed E-state index contributed by atoms with van der Waals surface area (Å²) in [6, 6.07) is 16.7. The monoisotopic (exact) mass is 563 g/mol. The molecule has 0 unspecified atom stereocenters. The summed E-state index contributed by atoms with van der Waals surface area (Å²) in [5.41, 5.74) is 7.23. The van der Waals surface area contributed by atoms with Crippen molar-refractivity contribution in [2.24, 2.45) is 5.73 Å². The molecule has 1 aliphatic carbocycles. The second-order valence-corrected chi connectivity index (χ2v) is 11.5. The van der Waals surface area contributed by atoms with E-state index in [4.69, 9.17) is 17.3 Å². The highest BCUT2D eigenvalue weighted by Crippen LogP contribution is 2.41. The van der Waals surface area contributed by atoms with Crippen LogP contribution in [0.1, 0.15) is 33.8 Å². The number of hydrogen-bond acceptors (Lipinski definition) is 5. The van der Waals surface area contributed by atoms with Crippen molar-refractivity contribution in [2.75, 3.05) is 10.7 Å². The minimum absolute atomic E-state index is 0. The fourth-order valence-electron chi connectivity index (χ4n) is 4.50. The van der Waals surface area contributed by atoms with Crippen molar-refractivity contribution in [2.45, 2.75) is 35.9 Å². The minimum Gasteiger partial charge on any atom is -0.349 e. The second kappa shape index (κ2) is 10.4. The number of carbonyl (C=O) groups excluding carboxylic acids is 2. The maximum atomic E-state index is 15.1. The molecule has 0 aromatic heterocycles. The number of nitrogens with one attached hydrogen (secondary N) is 1. The highest BCUT2D eigenvalue weighted by molar-refractivity contribution is 7.91. The molecule has 194 valence electrons. The molecule has 11 heteroatoms. The summed E-state index contributed by atoms with van der Waals surface area (Å²) in [7, 11) is -4.09. The highest BCUT2D eigenvalue weighted by Gasteiger charge is 2.41. The third-order valence-electron chi connectivity index (χ3n) is 6.49. The fourth-order valence-corrected chi connectivity index (χ4v) is 6.19. The van der Waals surface area contributed by atoms with Gasteiger partial charge in [-0.3, -0.25) is 9.59 Å². The molecular weight excluding hydrogens is 540 g/mol. The fraction of sp³-hybridized carbons (Fsp3) is 0.231. The van der Waals surface area contributed by atoms with Crippen molar-refractivity contribution in [3.05, 3.63) is 94.3 Å². The third kappa shape index (κ3) is 5.50. The van der Waals surface area contributed by atoms with E-state index in [0.717, 1.165) is 17.7 Å². The number of benzene rings is 3. The van der Waals surface area contributed by atoms with Crippen LogP contribution >= 0.6 is 24.0 Å². The van der Waals surface area contributed by atoms with Gasteiger partial charge in [-0.25, -0.2) is 12.8 Å². The van der Waals surface area contributed by atoms with Gasteiger partial charge >= 0.3 is 0 Å². The Morgan fingerprint density at radius 3 is 2.46 bits per heavy atom. The van der Waals surface area contributed by atoms with Crippen LogP contribution in [-0.4, -0.2) is 38.1 Å². The lowest BCUT2D eigenvalue weighted by molar-refractivity contribution is -0.119. The van der Waals surface area contributed by atoms with E-state index >= 15 is 4.39 Å². The van der Waals surface area contributed by atoms with Gasteiger partial charge in [0.1, 0.15) is 5.82 Å². The Labute approximate surface area is 225 Å². The van der Waals surface area contributed by atoms with E-state index < -0.39 is 39.3 Å². The lowest BCUT2D eigenvalue weighted by atomic mass is 10.1. The molecule has 1 saturated carbocycles. The molecule has 0 spiro atoms. The molecule has 1 aliphatic heterocycles. The number of hydrogen-bond donors (Lipinski definition) is 2. The number of halogens is 3. The lowest BCUT2D eigenvalue weighted by Gasteiger charge is -2.25. The van der Waals surface area contributed by atoms with Crippen LogP contribution in [0.4, 0.5) is 10.1 Å². The Morgan fingerprint density at radius 2 is 1.78 bits per heavy atom. The summed E-state index contributed by atoms with van der Waals surface area (Å²) >= 11 is 5.95. The van der Waals surface area contributed by atoms with E-state index in [0.29, 0.717) is 17.0 Å². The van der Waals surface area contributed by atoms with E-state index in [9.17, 15) is 18.0 Å². The molecule has 3 aromatic carbocycles. The zero-order chi connectivity index (χ0) is 25.6. The Kier molecular flexibility index (Phi) is 7.62. The first-order chi connectivity index (χ1) is 17.1. The van der Waals surface area contributed by atoms with Crippen LogP contribution in [0.2, 0.25) is 5.02 Å². The molecule has 3 atom stereocenters. The number of nitrogens with zero attached hydrogens (tertiary/aromatic N) is 1. The first-order valence-corrected chi connectivity index (χ1v) is 13.4. The summed E-state index contributed by atoms with van der Waals surface area (Å²) in [6.07, 6.45) is 0.715. The second-order valence-electron chi connectivity index (χ2n) is 9.07. The molecule has 7 nitrogen and oxygen atoms in total. The van der Waals surface area contributed by atoms with Crippen molar-refractivity contribution >= 4 is 51.3 Å². The standard InChI is InChI=1S/C26H23ClFN3O4S.ClH/c27-17-8-6-15(7-9-17)13-31-23-11-19(20(28)12-24(23)36(34,35)14-21(29)26(31)33)25(32)30-22-10-18(22)16-4-2-1-3-5-16;/h1-9,11-12,18,21-22H,10,13-14,29H2,(H,30,32);1H/t18-,21+,22+;/m1./s1. The van der Waals surface area contributed by atoms with Crippen LogP contribution in [0.3, 0.4) is 0 Å². The molecule has 3 aromatic rings. The summed E-state index contributed by atoms with van der Waals surface area (Å²) in [5.74, 6) is -2.84.